The Balaban J connectivity index is 2.31. The van der Waals surface area contributed by atoms with Crippen LogP contribution < -0.4 is 0 Å². The number of ketones is 1. The van der Waals surface area contributed by atoms with Crippen molar-refractivity contribution in [3.05, 3.63) is 48.0 Å². The molecule has 5 heteroatoms. The van der Waals surface area contributed by atoms with Crippen molar-refractivity contribution in [2.75, 3.05) is 7.11 Å². The zero-order valence-electron chi connectivity index (χ0n) is 10.5. The minimum absolute atomic E-state index is 0.382. The Morgan fingerprint density at radius 3 is 2.42 bits per heavy atom. The average molecular weight is 264 g/mol. The van der Waals surface area contributed by atoms with E-state index in [0.29, 0.717) is 5.56 Å². The minimum Gasteiger partial charge on any atom is -0.365 e. The van der Waals surface area contributed by atoms with Gasteiger partial charge in [-0.2, -0.15) is 0 Å². The number of carbonyl (C=O) groups excluding carboxylic acids is 1. The molecule has 0 saturated heterocycles. The third-order valence-corrected chi connectivity index (χ3v) is 3.25. The lowest BCUT2D eigenvalue weighted by atomic mass is 9.81. The van der Waals surface area contributed by atoms with E-state index in [0.717, 1.165) is 0 Å². The lowest BCUT2D eigenvalue weighted by Crippen LogP contribution is -2.51. The van der Waals surface area contributed by atoms with Gasteiger partial charge in [0.05, 0.1) is 12.3 Å². The topological polar surface area (TPSA) is 87.0 Å². The Bertz CT molecular complexity index is 494. The van der Waals surface area contributed by atoms with Gasteiger partial charge < -0.3 is 20.1 Å². The molecule has 0 aromatic heterocycles. The normalized spacial score (nSPS) is 29.2. The third-order valence-electron chi connectivity index (χ3n) is 3.25. The minimum atomic E-state index is -2.35. The van der Waals surface area contributed by atoms with E-state index in [1.54, 1.807) is 30.3 Å². The van der Waals surface area contributed by atoms with Gasteiger partial charge in [0.1, 0.15) is 0 Å². The summed E-state index contributed by atoms with van der Waals surface area (Å²) in [6, 6.07) is 8.36. The summed E-state index contributed by atoms with van der Waals surface area (Å²) in [4.78, 5) is 12.2. The van der Waals surface area contributed by atoms with Gasteiger partial charge in [-0.05, 0) is 6.08 Å². The summed E-state index contributed by atoms with van der Waals surface area (Å²) in [6.07, 6.45) is 2.04. The molecular formula is C14H16O5. The summed E-state index contributed by atoms with van der Waals surface area (Å²) in [5.41, 5.74) is 0.382. The van der Waals surface area contributed by atoms with E-state index in [1.807, 2.05) is 0 Å². The van der Waals surface area contributed by atoms with Crippen LogP contribution in [-0.4, -0.2) is 39.8 Å². The predicted molar refractivity (Wildman–Crippen MR) is 67.1 cm³/mol. The standard InChI is InChI=1S/C14H16O5/c1-19-13(16)8-7-11(14(17,18)9-13)12(15)10-5-3-2-4-6-10/h2-8,11,16-18H,9H2,1H3. The van der Waals surface area contributed by atoms with Gasteiger partial charge >= 0.3 is 0 Å². The second-order valence-corrected chi connectivity index (χ2v) is 4.67. The maximum absolute atomic E-state index is 12.2. The summed E-state index contributed by atoms with van der Waals surface area (Å²) in [7, 11) is 1.25. The van der Waals surface area contributed by atoms with Crippen LogP contribution in [0.2, 0.25) is 0 Å². The molecule has 0 aliphatic heterocycles. The Morgan fingerprint density at radius 1 is 1.26 bits per heavy atom. The van der Waals surface area contributed by atoms with Gasteiger partial charge in [0.15, 0.2) is 17.4 Å². The third kappa shape index (κ3) is 2.74. The molecule has 5 nitrogen and oxygen atoms in total. The molecule has 0 heterocycles. The fourth-order valence-electron chi connectivity index (χ4n) is 2.16. The fourth-order valence-corrected chi connectivity index (χ4v) is 2.16. The lowest BCUT2D eigenvalue weighted by Gasteiger charge is -2.38. The largest absolute Gasteiger partial charge is 0.365 e. The van der Waals surface area contributed by atoms with Gasteiger partial charge in [0.25, 0.3) is 0 Å². The van der Waals surface area contributed by atoms with Crippen molar-refractivity contribution in [1.29, 1.82) is 0 Å². The van der Waals surface area contributed by atoms with E-state index in [-0.39, 0.29) is 0 Å². The van der Waals surface area contributed by atoms with E-state index in [4.69, 9.17) is 4.74 Å². The Labute approximate surface area is 110 Å². The van der Waals surface area contributed by atoms with Gasteiger partial charge in [-0.15, -0.1) is 0 Å². The number of ether oxygens (including phenoxy) is 1. The molecule has 1 aromatic carbocycles. The van der Waals surface area contributed by atoms with Crippen molar-refractivity contribution in [2.24, 2.45) is 5.92 Å². The van der Waals surface area contributed by atoms with Crippen molar-refractivity contribution >= 4 is 5.78 Å². The van der Waals surface area contributed by atoms with Crippen LogP contribution in [0.25, 0.3) is 0 Å². The maximum Gasteiger partial charge on any atom is 0.190 e. The van der Waals surface area contributed by atoms with Crippen LogP contribution in [0.4, 0.5) is 0 Å². The number of hydrogen-bond acceptors (Lipinski definition) is 5. The maximum atomic E-state index is 12.2. The summed E-state index contributed by atoms with van der Waals surface area (Å²) < 4.78 is 4.79. The van der Waals surface area contributed by atoms with Gasteiger partial charge in [-0.3, -0.25) is 4.79 Å². The number of rotatable bonds is 3. The van der Waals surface area contributed by atoms with E-state index >= 15 is 0 Å². The number of hydrogen-bond donors (Lipinski definition) is 3. The highest BCUT2D eigenvalue weighted by Crippen LogP contribution is 2.35. The van der Waals surface area contributed by atoms with Gasteiger partial charge in [0.2, 0.25) is 0 Å². The van der Waals surface area contributed by atoms with Crippen molar-refractivity contribution in [3.8, 4) is 0 Å². The van der Waals surface area contributed by atoms with Crippen LogP contribution in [0.3, 0.4) is 0 Å². The zero-order chi connectivity index (χ0) is 14.1. The first-order valence-electron chi connectivity index (χ1n) is 5.89. The molecule has 102 valence electrons. The molecule has 1 aliphatic carbocycles. The van der Waals surface area contributed by atoms with Gasteiger partial charge in [-0.25, -0.2) is 0 Å². The second-order valence-electron chi connectivity index (χ2n) is 4.67. The van der Waals surface area contributed by atoms with Gasteiger partial charge in [-0.1, -0.05) is 36.4 Å². The van der Waals surface area contributed by atoms with Gasteiger partial charge in [0, 0.05) is 12.7 Å². The van der Waals surface area contributed by atoms with Crippen LogP contribution in [0, 0.1) is 5.92 Å². The first-order valence-corrected chi connectivity index (χ1v) is 5.89. The van der Waals surface area contributed by atoms with E-state index in [2.05, 4.69) is 0 Å². The van der Waals surface area contributed by atoms with Crippen LogP contribution in [0.15, 0.2) is 42.5 Å². The molecular weight excluding hydrogens is 248 g/mol. The highest BCUT2D eigenvalue weighted by atomic mass is 16.6. The zero-order valence-corrected chi connectivity index (χ0v) is 10.5. The molecule has 0 fully saturated rings. The van der Waals surface area contributed by atoms with Crippen molar-refractivity contribution in [1.82, 2.24) is 0 Å². The number of methoxy groups -OCH3 is 1. The summed E-state index contributed by atoms with van der Waals surface area (Å²) in [5, 5.41) is 29.8. The monoisotopic (exact) mass is 264 g/mol. The van der Waals surface area contributed by atoms with Crippen molar-refractivity contribution < 1.29 is 24.9 Å². The van der Waals surface area contributed by atoms with E-state index < -0.39 is 29.7 Å². The molecule has 2 unspecified atom stereocenters. The van der Waals surface area contributed by atoms with Crippen molar-refractivity contribution in [3.63, 3.8) is 0 Å². The Kier molecular flexibility index (Phi) is 3.56. The molecule has 0 saturated carbocycles. The molecule has 0 spiro atoms. The van der Waals surface area contributed by atoms with E-state index in [9.17, 15) is 20.1 Å². The number of aliphatic hydroxyl groups is 3. The molecule has 1 aliphatic rings. The predicted octanol–water partition coefficient (Wildman–Crippen LogP) is 0.461. The molecule has 2 rings (SSSR count). The second kappa shape index (κ2) is 4.86. The van der Waals surface area contributed by atoms with Crippen LogP contribution in [0.1, 0.15) is 16.8 Å². The summed E-state index contributed by atoms with van der Waals surface area (Å²) in [6.45, 7) is 0. The number of Topliss-reactive ketones (excluding diaryl/α,β-unsaturated/α-hetero) is 1. The molecule has 0 amide bonds. The highest BCUT2D eigenvalue weighted by molar-refractivity contribution is 5.99. The molecule has 0 radical (unpaired) electrons. The van der Waals surface area contributed by atoms with E-state index in [1.165, 1.54) is 19.3 Å². The number of carbonyl (C=O) groups is 1. The quantitative estimate of drug-likeness (QED) is 0.419. The Hall–Kier alpha value is -1.53. The molecule has 19 heavy (non-hydrogen) atoms. The summed E-state index contributed by atoms with van der Waals surface area (Å²) in [5.74, 6) is -5.67. The van der Waals surface area contributed by atoms with Crippen molar-refractivity contribution in [2.45, 2.75) is 18.0 Å². The SMILES string of the molecule is COC1(O)C=CC(C(=O)c2ccccc2)C(O)(O)C1. The van der Waals surface area contributed by atoms with Crippen LogP contribution in [0.5, 0.6) is 0 Å². The fraction of sp³-hybridized carbons (Fsp3) is 0.357. The molecule has 3 N–H and O–H groups in total. The first kappa shape index (κ1) is 13.9. The van der Waals surface area contributed by atoms with Crippen LogP contribution in [-0.2, 0) is 4.74 Å². The smallest absolute Gasteiger partial charge is 0.190 e. The summed E-state index contributed by atoms with van der Waals surface area (Å²) >= 11 is 0. The number of benzene rings is 1. The first-order chi connectivity index (χ1) is 8.88. The lowest BCUT2D eigenvalue weighted by molar-refractivity contribution is -0.260. The highest BCUT2D eigenvalue weighted by Gasteiger charge is 2.48. The Morgan fingerprint density at radius 2 is 1.89 bits per heavy atom. The molecule has 0 bridgehead atoms. The van der Waals surface area contributed by atoms with Crippen LogP contribution >= 0.6 is 0 Å². The molecule has 2 atom stereocenters. The molecule has 1 aromatic rings. The average Bonchev–Trinajstić information content (AvgIpc) is 2.38.